The highest BCUT2D eigenvalue weighted by Gasteiger charge is 2.33. The highest BCUT2D eigenvalue weighted by atomic mass is 32.1. The van der Waals surface area contributed by atoms with E-state index in [9.17, 15) is 5.11 Å². The number of aromatic hydroxyl groups is 1. The number of aromatic nitrogens is 3. The molecule has 144 valence electrons. The van der Waals surface area contributed by atoms with E-state index >= 15 is 0 Å². The second-order valence-electron chi connectivity index (χ2n) is 6.57. The summed E-state index contributed by atoms with van der Waals surface area (Å²) < 4.78 is 12.7. The lowest BCUT2D eigenvalue weighted by atomic mass is 10.0. The molecule has 0 unspecified atom stereocenters. The topological polar surface area (TPSA) is 73.3 Å². The minimum atomic E-state index is 0.0168. The Morgan fingerprint density at radius 2 is 2.00 bits per heavy atom. The first-order valence-corrected chi connectivity index (χ1v) is 10.2. The molecule has 0 radical (unpaired) electrons. The third-order valence-corrected chi connectivity index (χ3v) is 5.97. The normalized spacial score (nSPS) is 16.7. The van der Waals surface area contributed by atoms with Crippen molar-refractivity contribution in [3.8, 4) is 11.6 Å². The molecule has 7 nitrogen and oxygen atoms in total. The lowest BCUT2D eigenvalue weighted by Crippen LogP contribution is -3.14. The summed E-state index contributed by atoms with van der Waals surface area (Å²) in [5.74, 6) is 1.80. The third-order valence-electron chi connectivity index (χ3n) is 4.89. The van der Waals surface area contributed by atoms with Gasteiger partial charge < -0.3 is 19.5 Å². The van der Waals surface area contributed by atoms with Crippen molar-refractivity contribution in [1.29, 1.82) is 0 Å². The Morgan fingerprint density at radius 1 is 1.26 bits per heavy atom. The molecule has 1 atom stereocenters. The molecule has 0 saturated carbocycles. The Bertz CT molecular complexity index is 900. The summed E-state index contributed by atoms with van der Waals surface area (Å²) in [4.78, 5) is 7.54. The quantitative estimate of drug-likeness (QED) is 0.668. The summed E-state index contributed by atoms with van der Waals surface area (Å²) in [6.07, 6.45) is 0.750. The van der Waals surface area contributed by atoms with Crippen LogP contribution in [0.3, 0.4) is 0 Å². The first-order valence-electron chi connectivity index (χ1n) is 9.43. The fourth-order valence-corrected chi connectivity index (χ4v) is 4.71. The summed E-state index contributed by atoms with van der Waals surface area (Å²) in [7, 11) is 0. The summed E-state index contributed by atoms with van der Waals surface area (Å²) in [6, 6.07) is 8.18. The van der Waals surface area contributed by atoms with Crippen LogP contribution >= 0.6 is 11.3 Å². The molecule has 0 amide bonds. The van der Waals surface area contributed by atoms with Gasteiger partial charge in [-0.15, -0.1) is 5.10 Å². The van der Waals surface area contributed by atoms with Crippen molar-refractivity contribution in [2.45, 2.75) is 26.3 Å². The third kappa shape index (κ3) is 3.52. The Hall–Kier alpha value is -2.16. The van der Waals surface area contributed by atoms with E-state index in [1.54, 1.807) is 4.52 Å². The largest absolute Gasteiger partial charge is 0.494 e. The maximum atomic E-state index is 10.9. The zero-order chi connectivity index (χ0) is 18.8. The zero-order valence-corrected chi connectivity index (χ0v) is 16.5. The first-order chi connectivity index (χ1) is 13.2. The molecule has 1 aliphatic rings. The van der Waals surface area contributed by atoms with Gasteiger partial charge in [-0.05, 0) is 31.2 Å². The minimum Gasteiger partial charge on any atom is -0.494 e. The Morgan fingerprint density at radius 3 is 2.63 bits per heavy atom. The van der Waals surface area contributed by atoms with Crippen LogP contribution in [0, 0.1) is 0 Å². The molecule has 0 aliphatic carbocycles. The van der Waals surface area contributed by atoms with Crippen molar-refractivity contribution < 1.29 is 19.5 Å². The van der Waals surface area contributed by atoms with E-state index in [0.29, 0.717) is 6.61 Å². The average Bonchev–Trinajstić information content (AvgIpc) is 3.24. The fraction of sp³-hybridized carbons (Fsp3) is 0.474. The van der Waals surface area contributed by atoms with Crippen molar-refractivity contribution in [1.82, 2.24) is 14.6 Å². The summed E-state index contributed by atoms with van der Waals surface area (Å²) in [5.41, 5.74) is 1.14. The SMILES string of the molecule is CCOc1ccc([C@H](c2sc3nc(CC)nn3c2O)[NH+]2CCOCC2)cc1. The van der Waals surface area contributed by atoms with E-state index < -0.39 is 0 Å². The van der Waals surface area contributed by atoms with Crippen LogP contribution in [0.25, 0.3) is 4.96 Å². The van der Waals surface area contributed by atoms with Crippen LogP contribution in [0.4, 0.5) is 0 Å². The Balaban J connectivity index is 1.75. The average molecular weight is 390 g/mol. The van der Waals surface area contributed by atoms with E-state index in [2.05, 4.69) is 22.2 Å². The van der Waals surface area contributed by atoms with E-state index in [1.807, 2.05) is 26.0 Å². The highest BCUT2D eigenvalue weighted by molar-refractivity contribution is 7.17. The number of nitrogens with zero attached hydrogens (tertiary/aromatic N) is 3. The molecule has 2 aromatic heterocycles. The van der Waals surface area contributed by atoms with Gasteiger partial charge >= 0.3 is 0 Å². The number of ether oxygens (including phenoxy) is 2. The predicted octanol–water partition coefficient (Wildman–Crippen LogP) is 1.46. The number of rotatable bonds is 6. The van der Waals surface area contributed by atoms with Gasteiger partial charge in [0.25, 0.3) is 0 Å². The number of quaternary nitrogens is 1. The standard InChI is InChI=1S/C19H24N4O3S/c1-3-15-20-19-23(21-15)18(24)17(27-19)16(22-9-11-25-12-10-22)13-5-7-14(8-6-13)26-4-2/h5-8,16,24H,3-4,9-12H2,1-2H3/p+1/t16-/m1/s1. The van der Waals surface area contributed by atoms with Crippen LogP contribution in [0.1, 0.15) is 36.2 Å². The molecular weight excluding hydrogens is 364 g/mol. The minimum absolute atomic E-state index is 0.0168. The van der Waals surface area contributed by atoms with E-state index in [-0.39, 0.29) is 11.9 Å². The van der Waals surface area contributed by atoms with Gasteiger partial charge in [0.2, 0.25) is 10.8 Å². The van der Waals surface area contributed by atoms with Gasteiger partial charge in [-0.2, -0.15) is 4.52 Å². The summed E-state index contributed by atoms with van der Waals surface area (Å²) >= 11 is 1.52. The highest BCUT2D eigenvalue weighted by Crippen LogP contribution is 2.35. The Labute approximate surface area is 162 Å². The van der Waals surface area contributed by atoms with Crippen LogP contribution in [-0.2, 0) is 11.2 Å². The maximum Gasteiger partial charge on any atom is 0.235 e. The number of nitrogens with one attached hydrogen (secondary N) is 1. The predicted molar refractivity (Wildman–Crippen MR) is 103 cm³/mol. The molecule has 2 N–H and O–H groups in total. The van der Waals surface area contributed by atoms with E-state index in [1.165, 1.54) is 16.2 Å². The van der Waals surface area contributed by atoms with Crippen molar-refractivity contribution in [2.75, 3.05) is 32.9 Å². The van der Waals surface area contributed by atoms with Gasteiger partial charge in [-0.1, -0.05) is 18.3 Å². The zero-order valence-electron chi connectivity index (χ0n) is 15.6. The molecule has 1 aromatic carbocycles. The number of benzene rings is 1. The van der Waals surface area contributed by atoms with Crippen LogP contribution < -0.4 is 9.64 Å². The maximum absolute atomic E-state index is 10.9. The van der Waals surface area contributed by atoms with Gasteiger partial charge in [0.05, 0.1) is 19.8 Å². The lowest BCUT2D eigenvalue weighted by molar-refractivity contribution is -0.932. The van der Waals surface area contributed by atoms with Gasteiger partial charge in [0, 0.05) is 12.0 Å². The number of thiazole rings is 1. The molecule has 3 aromatic rings. The number of fused-ring (bicyclic) bond motifs is 1. The van der Waals surface area contributed by atoms with Crippen molar-refractivity contribution in [2.24, 2.45) is 0 Å². The van der Waals surface area contributed by atoms with Gasteiger partial charge in [0.15, 0.2) is 11.9 Å². The molecule has 1 fully saturated rings. The Kier molecular flexibility index (Phi) is 5.29. The first kappa shape index (κ1) is 18.2. The second-order valence-corrected chi connectivity index (χ2v) is 7.58. The molecular formula is C19H25N4O3S+. The van der Waals surface area contributed by atoms with Gasteiger partial charge in [0.1, 0.15) is 23.7 Å². The van der Waals surface area contributed by atoms with Crippen LogP contribution in [0.15, 0.2) is 24.3 Å². The van der Waals surface area contributed by atoms with Crippen molar-refractivity contribution in [3.63, 3.8) is 0 Å². The number of aryl methyl sites for hydroxylation is 1. The van der Waals surface area contributed by atoms with E-state index in [4.69, 9.17) is 9.47 Å². The van der Waals surface area contributed by atoms with E-state index in [0.717, 1.165) is 59.7 Å². The second kappa shape index (κ2) is 7.84. The number of hydrogen-bond donors (Lipinski definition) is 2. The van der Waals surface area contributed by atoms with Crippen LogP contribution in [-0.4, -0.2) is 52.6 Å². The number of hydrogen-bond acceptors (Lipinski definition) is 6. The number of morpholine rings is 1. The molecule has 1 aliphatic heterocycles. The molecule has 0 spiro atoms. The van der Waals surface area contributed by atoms with Crippen LogP contribution in [0.2, 0.25) is 0 Å². The van der Waals surface area contributed by atoms with Crippen molar-refractivity contribution >= 4 is 16.3 Å². The lowest BCUT2D eigenvalue weighted by Gasteiger charge is -2.31. The molecule has 27 heavy (non-hydrogen) atoms. The summed E-state index contributed by atoms with van der Waals surface area (Å²) in [6.45, 7) is 7.88. The summed E-state index contributed by atoms with van der Waals surface area (Å²) in [5, 5.41) is 15.3. The molecule has 4 rings (SSSR count). The van der Waals surface area contributed by atoms with Gasteiger partial charge in [-0.25, -0.2) is 4.98 Å². The monoisotopic (exact) mass is 389 g/mol. The fourth-order valence-electron chi connectivity index (χ4n) is 3.55. The van der Waals surface area contributed by atoms with Gasteiger partial charge in [-0.3, -0.25) is 0 Å². The molecule has 8 heteroatoms. The molecule has 3 heterocycles. The molecule has 1 saturated heterocycles. The molecule has 0 bridgehead atoms. The van der Waals surface area contributed by atoms with Crippen LogP contribution in [0.5, 0.6) is 11.6 Å². The van der Waals surface area contributed by atoms with Crippen molar-refractivity contribution in [3.05, 3.63) is 40.5 Å². The smallest absolute Gasteiger partial charge is 0.235 e.